The van der Waals surface area contributed by atoms with Crippen LogP contribution in [0.2, 0.25) is 0 Å². The molecule has 0 aliphatic carbocycles. The molecule has 0 spiro atoms. The van der Waals surface area contributed by atoms with E-state index in [-0.39, 0.29) is 40.4 Å². The van der Waals surface area contributed by atoms with Gasteiger partial charge in [0.05, 0.1) is 0 Å². The lowest BCUT2D eigenvalue weighted by Gasteiger charge is -2.11. The summed E-state index contributed by atoms with van der Waals surface area (Å²) in [5, 5.41) is 39.6. The third-order valence-corrected chi connectivity index (χ3v) is 4.67. The molecule has 0 unspecified atom stereocenters. The van der Waals surface area contributed by atoms with Gasteiger partial charge in [0.1, 0.15) is 29.1 Å². The highest BCUT2D eigenvalue weighted by atomic mass is 16.5. The maximum atomic E-state index is 12.6. The smallest absolute Gasteiger partial charge is 0.238 e. The van der Waals surface area contributed by atoms with E-state index >= 15 is 0 Å². The highest BCUT2D eigenvalue weighted by Gasteiger charge is 2.19. The molecular formula is C23H18O7. The maximum Gasteiger partial charge on any atom is 0.238 e. The molecule has 0 fully saturated rings. The third-order valence-electron chi connectivity index (χ3n) is 4.67. The summed E-state index contributed by atoms with van der Waals surface area (Å²) in [7, 11) is 0. The van der Waals surface area contributed by atoms with Gasteiger partial charge in [0.2, 0.25) is 11.2 Å². The fraction of sp³-hybridized carbons (Fsp3) is 0.0870. The Bertz CT molecular complexity index is 1300. The zero-order chi connectivity index (χ0) is 21.4. The predicted molar refractivity (Wildman–Crippen MR) is 110 cm³/mol. The van der Waals surface area contributed by atoms with Crippen molar-refractivity contribution in [3.05, 3.63) is 75.9 Å². The molecule has 30 heavy (non-hydrogen) atoms. The molecule has 0 bridgehead atoms. The monoisotopic (exact) mass is 406 g/mol. The van der Waals surface area contributed by atoms with E-state index in [1.54, 1.807) is 0 Å². The Labute approximate surface area is 170 Å². The second-order valence-corrected chi connectivity index (χ2v) is 6.90. The van der Waals surface area contributed by atoms with Gasteiger partial charge in [-0.3, -0.25) is 4.79 Å². The summed E-state index contributed by atoms with van der Waals surface area (Å²) < 4.78 is 11.4. The van der Waals surface area contributed by atoms with Gasteiger partial charge < -0.3 is 29.6 Å². The zero-order valence-electron chi connectivity index (χ0n) is 15.9. The van der Waals surface area contributed by atoms with E-state index in [4.69, 9.17) is 9.15 Å². The van der Waals surface area contributed by atoms with Crippen molar-refractivity contribution in [2.75, 3.05) is 0 Å². The Balaban J connectivity index is 1.77. The summed E-state index contributed by atoms with van der Waals surface area (Å²) in [6.07, 6.45) is 0. The number of aromatic hydroxyl groups is 4. The molecule has 0 amide bonds. The number of ether oxygens (including phenoxy) is 1. The zero-order valence-corrected chi connectivity index (χ0v) is 15.9. The Morgan fingerprint density at radius 1 is 0.867 bits per heavy atom. The van der Waals surface area contributed by atoms with Crippen LogP contribution in [0, 0.1) is 6.92 Å². The minimum atomic E-state index is -0.817. The minimum absolute atomic E-state index is 0.0443. The van der Waals surface area contributed by atoms with Crippen LogP contribution in [0.25, 0.3) is 22.3 Å². The molecule has 7 nitrogen and oxygen atoms in total. The van der Waals surface area contributed by atoms with Crippen LogP contribution in [0.3, 0.4) is 0 Å². The molecule has 1 heterocycles. The van der Waals surface area contributed by atoms with Crippen molar-refractivity contribution in [3.63, 3.8) is 0 Å². The summed E-state index contributed by atoms with van der Waals surface area (Å²) >= 11 is 0. The molecule has 3 aromatic carbocycles. The first-order valence-corrected chi connectivity index (χ1v) is 9.07. The number of rotatable bonds is 4. The first-order valence-electron chi connectivity index (χ1n) is 9.07. The quantitative estimate of drug-likeness (QED) is 0.375. The number of fused-ring (bicyclic) bond motifs is 1. The first kappa shape index (κ1) is 19.2. The van der Waals surface area contributed by atoms with Gasteiger partial charge in [0, 0.05) is 5.56 Å². The van der Waals surface area contributed by atoms with Gasteiger partial charge in [-0.2, -0.15) is 0 Å². The van der Waals surface area contributed by atoms with Crippen LogP contribution in [0.15, 0.2) is 63.8 Å². The fourth-order valence-electron chi connectivity index (χ4n) is 3.09. The van der Waals surface area contributed by atoms with Crippen LogP contribution >= 0.6 is 0 Å². The van der Waals surface area contributed by atoms with Gasteiger partial charge in [0.15, 0.2) is 17.3 Å². The Morgan fingerprint density at radius 3 is 2.30 bits per heavy atom. The molecule has 4 rings (SSSR count). The number of benzene rings is 3. The highest BCUT2D eigenvalue weighted by Crippen LogP contribution is 2.37. The maximum absolute atomic E-state index is 12.6. The number of hydrogen-bond acceptors (Lipinski definition) is 7. The van der Waals surface area contributed by atoms with Crippen LogP contribution in [0.1, 0.15) is 11.1 Å². The average molecular weight is 406 g/mol. The summed E-state index contributed by atoms with van der Waals surface area (Å²) in [6.45, 7) is 2.08. The molecule has 0 saturated carbocycles. The summed E-state index contributed by atoms with van der Waals surface area (Å²) in [6, 6.07) is 14.1. The van der Waals surface area contributed by atoms with Crippen molar-refractivity contribution in [1.29, 1.82) is 0 Å². The lowest BCUT2D eigenvalue weighted by Crippen LogP contribution is -2.04. The van der Waals surface area contributed by atoms with Crippen LogP contribution < -0.4 is 10.2 Å². The summed E-state index contributed by atoms with van der Waals surface area (Å²) in [5.41, 5.74) is 1.06. The van der Waals surface area contributed by atoms with E-state index in [2.05, 4.69) is 0 Å². The molecule has 1 aromatic heterocycles. The topological polar surface area (TPSA) is 120 Å². The van der Waals surface area contributed by atoms with E-state index in [0.717, 1.165) is 11.6 Å². The van der Waals surface area contributed by atoms with Crippen molar-refractivity contribution in [1.82, 2.24) is 0 Å². The lowest BCUT2D eigenvalue weighted by molar-refractivity contribution is 0.305. The predicted octanol–water partition coefficient (Wildman–Crippen LogP) is 4.17. The van der Waals surface area contributed by atoms with E-state index in [1.807, 2.05) is 31.2 Å². The van der Waals surface area contributed by atoms with Crippen LogP contribution in [0.4, 0.5) is 0 Å². The number of phenols is 3. The molecule has 4 aromatic rings. The minimum Gasteiger partial charge on any atom is -0.507 e. The van der Waals surface area contributed by atoms with Crippen molar-refractivity contribution in [3.8, 4) is 40.1 Å². The third kappa shape index (κ3) is 3.48. The van der Waals surface area contributed by atoms with Crippen LogP contribution in [0.5, 0.6) is 28.7 Å². The largest absolute Gasteiger partial charge is 0.507 e. The number of hydrogen-bond donors (Lipinski definition) is 4. The van der Waals surface area contributed by atoms with E-state index in [0.29, 0.717) is 11.3 Å². The van der Waals surface area contributed by atoms with Gasteiger partial charge in [-0.05, 0) is 55.0 Å². The standard InChI is InChI=1S/C23H18O7/c1-12-2-5-15(6-3-12)29-11-13-8-18(26)20-19(9-13)30-23(22(28)21(20)27)14-4-7-16(24)17(25)10-14/h2-10,24-26,28H,11H2,1H3. The van der Waals surface area contributed by atoms with Gasteiger partial charge >= 0.3 is 0 Å². The molecule has 7 heteroatoms. The molecule has 0 aliphatic rings. The van der Waals surface area contributed by atoms with Crippen LogP contribution in [-0.2, 0) is 6.61 Å². The Morgan fingerprint density at radius 2 is 1.60 bits per heavy atom. The Kier molecular flexibility index (Phi) is 4.71. The van der Waals surface area contributed by atoms with Gasteiger partial charge in [-0.15, -0.1) is 0 Å². The van der Waals surface area contributed by atoms with Crippen molar-refractivity contribution >= 4 is 11.0 Å². The van der Waals surface area contributed by atoms with E-state index in [9.17, 15) is 25.2 Å². The molecule has 152 valence electrons. The summed E-state index contributed by atoms with van der Waals surface area (Å²) in [5.74, 6) is -1.40. The average Bonchev–Trinajstić information content (AvgIpc) is 2.72. The number of aryl methyl sites for hydroxylation is 1. The van der Waals surface area contributed by atoms with Gasteiger partial charge in [-0.25, -0.2) is 0 Å². The van der Waals surface area contributed by atoms with Crippen molar-refractivity contribution in [2.24, 2.45) is 0 Å². The first-order chi connectivity index (χ1) is 14.3. The molecule has 0 aliphatic heterocycles. The van der Waals surface area contributed by atoms with E-state index in [1.165, 1.54) is 24.3 Å². The molecule has 0 atom stereocenters. The number of phenolic OH excluding ortho intramolecular Hbond substituents is 3. The SMILES string of the molecule is Cc1ccc(OCc2cc(O)c3c(=O)c(O)c(-c4ccc(O)c(O)c4)oc3c2)cc1. The van der Waals surface area contributed by atoms with Crippen molar-refractivity contribution in [2.45, 2.75) is 13.5 Å². The van der Waals surface area contributed by atoms with Gasteiger partial charge in [0.25, 0.3) is 0 Å². The fourth-order valence-corrected chi connectivity index (χ4v) is 3.09. The normalized spacial score (nSPS) is 11.0. The molecule has 0 radical (unpaired) electrons. The molecular weight excluding hydrogens is 388 g/mol. The van der Waals surface area contributed by atoms with E-state index < -0.39 is 16.9 Å². The highest BCUT2D eigenvalue weighted by molar-refractivity contribution is 5.87. The molecule has 0 saturated heterocycles. The van der Waals surface area contributed by atoms with Crippen LogP contribution in [-0.4, -0.2) is 20.4 Å². The summed E-state index contributed by atoms with van der Waals surface area (Å²) in [4.78, 5) is 12.6. The second kappa shape index (κ2) is 7.36. The van der Waals surface area contributed by atoms with Crippen molar-refractivity contribution < 1.29 is 29.6 Å². The second-order valence-electron chi connectivity index (χ2n) is 6.90. The van der Waals surface area contributed by atoms with Gasteiger partial charge in [-0.1, -0.05) is 17.7 Å². The Hall–Kier alpha value is -4.13. The molecule has 4 N–H and O–H groups in total. The lowest BCUT2D eigenvalue weighted by atomic mass is 10.1.